The number of amides is 1. The first-order valence-corrected chi connectivity index (χ1v) is 5.72. The first-order valence-electron chi connectivity index (χ1n) is 5.72. The molecule has 0 saturated carbocycles. The van der Waals surface area contributed by atoms with Crippen molar-refractivity contribution in [2.45, 2.75) is 26.4 Å². The van der Waals surface area contributed by atoms with Crippen LogP contribution in [0.25, 0.3) is 0 Å². The Balaban J connectivity index is 2.39. The van der Waals surface area contributed by atoms with Gasteiger partial charge in [0.2, 0.25) is 0 Å². The summed E-state index contributed by atoms with van der Waals surface area (Å²) in [5.41, 5.74) is 1.11. The maximum atomic E-state index is 11.6. The summed E-state index contributed by atoms with van der Waals surface area (Å²) in [7, 11) is 0. The van der Waals surface area contributed by atoms with Crippen LogP contribution in [-0.2, 0) is 9.59 Å². The fourth-order valence-corrected chi connectivity index (χ4v) is 1.31. The van der Waals surface area contributed by atoms with Crippen molar-refractivity contribution in [3.05, 3.63) is 29.8 Å². The highest BCUT2D eigenvalue weighted by molar-refractivity contribution is 5.81. The Labute approximate surface area is 106 Å². The van der Waals surface area contributed by atoms with Gasteiger partial charge in [0.1, 0.15) is 5.75 Å². The summed E-state index contributed by atoms with van der Waals surface area (Å²) in [4.78, 5) is 21.9. The van der Waals surface area contributed by atoms with Crippen LogP contribution in [0.5, 0.6) is 5.75 Å². The highest BCUT2D eigenvalue weighted by atomic mass is 16.5. The lowest BCUT2D eigenvalue weighted by Gasteiger charge is -2.14. The second-order valence-corrected chi connectivity index (χ2v) is 4.01. The van der Waals surface area contributed by atoms with E-state index in [1.165, 1.54) is 0 Å². The number of carbonyl (C=O) groups is 2. The third-order valence-corrected chi connectivity index (χ3v) is 2.34. The molecule has 18 heavy (non-hydrogen) atoms. The Morgan fingerprint density at radius 3 is 2.50 bits per heavy atom. The van der Waals surface area contributed by atoms with E-state index in [9.17, 15) is 9.59 Å². The van der Waals surface area contributed by atoms with Gasteiger partial charge >= 0.3 is 5.97 Å². The Kier molecular flexibility index (Phi) is 5.17. The van der Waals surface area contributed by atoms with Crippen LogP contribution < -0.4 is 10.1 Å². The molecule has 0 saturated heterocycles. The minimum Gasteiger partial charge on any atom is -0.481 e. The van der Waals surface area contributed by atoms with Gasteiger partial charge < -0.3 is 15.2 Å². The quantitative estimate of drug-likeness (QED) is 0.800. The zero-order valence-corrected chi connectivity index (χ0v) is 10.5. The van der Waals surface area contributed by atoms with E-state index in [2.05, 4.69) is 5.32 Å². The molecule has 98 valence electrons. The molecule has 2 N–H and O–H groups in total. The first kappa shape index (κ1) is 14.0. The number of ether oxygens (including phenoxy) is 1. The van der Waals surface area contributed by atoms with E-state index in [4.69, 9.17) is 9.84 Å². The van der Waals surface area contributed by atoms with Crippen LogP contribution in [0.3, 0.4) is 0 Å². The molecule has 0 spiro atoms. The smallest absolute Gasteiger partial charge is 0.305 e. The number of carboxylic acids is 1. The van der Waals surface area contributed by atoms with Gasteiger partial charge in [-0.15, -0.1) is 0 Å². The van der Waals surface area contributed by atoms with Crippen molar-refractivity contribution in [1.82, 2.24) is 5.32 Å². The minimum atomic E-state index is -0.942. The summed E-state index contributed by atoms with van der Waals surface area (Å²) in [6.45, 7) is 3.69. The highest BCUT2D eigenvalue weighted by Crippen LogP contribution is 2.13. The molecule has 1 unspecified atom stereocenters. The molecular weight excluding hydrogens is 234 g/mol. The average molecular weight is 251 g/mol. The molecule has 0 aromatic heterocycles. The monoisotopic (exact) mass is 251 g/mol. The summed E-state index contributed by atoms with van der Waals surface area (Å²) < 4.78 is 5.43. The Morgan fingerprint density at radius 1 is 1.33 bits per heavy atom. The van der Waals surface area contributed by atoms with Crippen molar-refractivity contribution < 1.29 is 19.4 Å². The topological polar surface area (TPSA) is 75.6 Å². The predicted molar refractivity (Wildman–Crippen MR) is 66.5 cm³/mol. The van der Waals surface area contributed by atoms with Gasteiger partial charge in [0.15, 0.2) is 6.10 Å². The van der Waals surface area contributed by atoms with Crippen molar-refractivity contribution in [1.29, 1.82) is 0 Å². The first-order chi connectivity index (χ1) is 8.49. The maximum absolute atomic E-state index is 11.6. The fraction of sp³-hybridized carbons (Fsp3) is 0.385. The molecule has 0 heterocycles. The molecule has 1 atom stereocenters. The second-order valence-electron chi connectivity index (χ2n) is 4.01. The van der Waals surface area contributed by atoms with Gasteiger partial charge in [-0.05, 0) is 26.0 Å². The largest absolute Gasteiger partial charge is 0.481 e. The lowest BCUT2D eigenvalue weighted by molar-refractivity contribution is -0.137. The van der Waals surface area contributed by atoms with Gasteiger partial charge in [0.05, 0.1) is 6.42 Å². The molecule has 5 nitrogen and oxygen atoms in total. The van der Waals surface area contributed by atoms with Crippen molar-refractivity contribution >= 4 is 11.9 Å². The number of aryl methyl sites for hydroxylation is 1. The molecule has 0 radical (unpaired) electrons. The van der Waals surface area contributed by atoms with Crippen molar-refractivity contribution in [2.75, 3.05) is 6.54 Å². The van der Waals surface area contributed by atoms with E-state index in [-0.39, 0.29) is 18.9 Å². The number of benzene rings is 1. The number of nitrogens with one attached hydrogen (secondary N) is 1. The van der Waals surface area contributed by atoms with Crippen molar-refractivity contribution in [3.63, 3.8) is 0 Å². The molecule has 0 aliphatic carbocycles. The molecular formula is C13H17NO4. The van der Waals surface area contributed by atoms with Crippen LogP contribution in [-0.4, -0.2) is 29.6 Å². The van der Waals surface area contributed by atoms with Crippen molar-refractivity contribution in [2.24, 2.45) is 0 Å². The molecule has 0 aliphatic heterocycles. The van der Waals surface area contributed by atoms with Gasteiger partial charge in [0.25, 0.3) is 5.91 Å². The van der Waals surface area contributed by atoms with Crippen LogP contribution in [0, 0.1) is 6.92 Å². The molecule has 5 heteroatoms. The van der Waals surface area contributed by atoms with Crippen LogP contribution in [0.2, 0.25) is 0 Å². The minimum absolute atomic E-state index is 0.0943. The highest BCUT2D eigenvalue weighted by Gasteiger charge is 2.14. The number of carboxylic acid groups (broad SMARTS) is 1. The molecule has 0 aliphatic rings. The van der Waals surface area contributed by atoms with Gasteiger partial charge in [-0.25, -0.2) is 0 Å². The summed E-state index contributed by atoms with van der Waals surface area (Å²) in [6, 6.07) is 7.36. The lowest BCUT2D eigenvalue weighted by Crippen LogP contribution is -2.37. The Morgan fingerprint density at radius 2 is 1.94 bits per heavy atom. The number of carbonyl (C=O) groups excluding carboxylic acids is 1. The van der Waals surface area contributed by atoms with Crippen LogP contribution in [0.4, 0.5) is 0 Å². The van der Waals surface area contributed by atoms with Crippen LogP contribution in [0.15, 0.2) is 24.3 Å². The third-order valence-electron chi connectivity index (χ3n) is 2.34. The Bertz CT molecular complexity index is 414. The average Bonchev–Trinajstić information content (AvgIpc) is 2.31. The molecule has 0 fully saturated rings. The van der Waals surface area contributed by atoms with Crippen LogP contribution >= 0.6 is 0 Å². The zero-order chi connectivity index (χ0) is 13.5. The number of aliphatic carboxylic acids is 1. The number of rotatable bonds is 6. The summed E-state index contributed by atoms with van der Waals surface area (Å²) in [6.07, 6.45) is -0.746. The standard InChI is InChI=1S/C13H17NO4/c1-9-3-5-11(6-4-9)18-10(2)13(17)14-8-7-12(15)16/h3-6,10H,7-8H2,1-2H3,(H,14,17)(H,15,16). The molecule has 0 bridgehead atoms. The summed E-state index contributed by atoms with van der Waals surface area (Å²) in [5, 5.41) is 10.9. The SMILES string of the molecule is Cc1ccc(OC(C)C(=O)NCCC(=O)O)cc1. The van der Waals surface area contributed by atoms with E-state index in [0.29, 0.717) is 5.75 Å². The van der Waals surface area contributed by atoms with E-state index in [1.54, 1.807) is 19.1 Å². The van der Waals surface area contributed by atoms with Crippen LogP contribution in [0.1, 0.15) is 18.9 Å². The normalized spacial score (nSPS) is 11.7. The van der Waals surface area contributed by atoms with Gasteiger partial charge in [-0.2, -0.15) is 0 Å². The summed E-state index contributed by atoms with van der Waals surface area (Å²) >= 11 is 0. The van der Waals surface area contributed by atoms with E-state index in [1.807, 2.05) is 19.1 Å². The van der Waals surface area contributed by atoms with E-state index >= 15 is 0 Å². The van der Waals surface area contributed by atoms with Gasteiger partial charge in [-0.1, -0.05) is 17.7 Å². The Hall–Kier alpha value is -2.04. The molecule has 1 rings (SSSR count). The summed E-state index contributed by atoms with van der Waals surface area (Å²) in [5.74, 6) is -0.652. The third kappa shape index (κ3) is 4.86. The van der Waals surface area contributed by atoms with Gasteiger partial charge in [0, 0.05) is 6.54 Å². The predicted octanol–water partition coefficient (Wildman–Crippen LogP) is 1.35. The van der Waals surface area contributed by atoms with E-state index in [0.717, 1.165) is 5.56 Å². The number of hydrogen-bond acceptors (Lipinski definition) is 3. The maximum Gasteiger partial charge on any atom is 0.305 e. The fourth-order valence-electron chi connectivity index (χ4n) is 1.31. The lowest BCUT2D eigenvalue weighted by atomic mass is 10.2. The second kappa shape index (κ2) is 6.64. The van der Waals surface area contributed by atoms with E-state index < -0.39 is 12.1 Å². The molecule has 1 aromatic rings. The van der Waals surface area contributed by atoms with Crippen molar-refractivity contribution in [3.8, 4) is 5.75 Å². The zero-order valence-electron chi connectivity index (χ0n) is 10.5. The van der Waals surface area contributed by atoms with Gasteiger partial charge in [-0.3, -0.25) is 9.59 Å². The number of hydrogen-bond donors (Lipinski definition) is 2. The molecule has 1 amide bonds. The molecule has 1 aromatic carbocycles.